The van der Waals surface area contributed by atoms with E-state index in [9.17, 15) is 10.2 Å². The maximum Gasteiger partial charge on any atom is 0.187 e. The number of fused-ring (bicyclic) bond motifs is 1. The van der Waals surface area contributed by atoms with E-state index in [2.05, 4.69) is 20.5 Å². The fourth-order valence-corrected chi connectivity index (χ4v) is 3.64. The van der Waals surface area contributed by atoms with Gasteiger partial charge in [0.1, 0.15) is 13.6 Å². The Bertz CT molecular complexity index is 861. The first-order valence-electron chi connectivity index (χ1n) is 7.97. The smallest absolute Gasteiger partial charge is 0.187 e. The van der Waals surface area contributed by atoms with Crippen molar-refractivity contribution in [2.75, 3.05) is 27.8 Å². The van der Waals surface area contributed by atoms with Crippen LogP contribution in [0, 0.1) is 0 Å². The number of halogens is 1. The third-order valence-electron chi connectivity index (χ3n) is 4.60. The van der Waals surface area contributed by atoms with Crippen molar-refractivity contribution in [3.05, 3.63) is 45.4 Å². The van der Waals surface area contributed by atoms with Gasteiger partial charge in [-0.3, -0.25) is 0 Å². The van der Waals surface area contributed by atoms with Crippen molar-refractivity contribution in [2.45, 2.75) is 12.8 Å². The Kier molecular flexibility index (Phi) is 4.90. The van der Waals surface area contributed by atoms with E-state index in [4.69, 9.17) is 9.47 Å². The minimum Gasteiger partial charge on any atom is -0.504 e. The topological polar surface area (TPSA) is 61.9 Å². The number of rotatable bonds is 4. The summed E-state index contributed by atoms with van der Waals surface area (Å²) in [6.07, 6.45) is 1.51. The first-order valence-corrected chi connectivity index (χ1v) is 8.76. The highest BCUT2D eigenvalue weighted by molar-refractivity contribution is 9.10. The molecule has 5 nitrogen and oxygen atoms in total. The monoisotopic (exact) mass is 406 g/mol. The van der Waals surface area contributed by atoms with Crippen molar-refractivity contribution in [2.24, 2.45) is 0 Å². The zero-order valence-electron chi connectivity index (χ0n) is 14.5. The van der Waals surface area contributed by atoms with Crippen LogP contribution in [0.1, 0.15) is 16.7 Å². The van der Waals surface area contributed by atoms with Crippen molar-refractivity contribution >= 4 is 21.6 Å². The first-order chi connectivity index (χ1) is 11.9. The summed E-state index contributed by atoms with van der Waals surface area (Å²) in [4.78, 5) is 0. The molecule has 1 heterocycles. The predicted octanol–water partition coefficient (Wildman–Crippen LogP) is 3.11. The van der Waals surface area contributed by atoms with Gasteiger partial charge in [-0.1, -0.05) is 15.9 Å². The lowest BCUT2D eigenvalue weighted by Gasteiger charge is -2.19. The molecule has 6 heteroatoms. The summed E-state index contributed by atoms with van der Waals surface area (Å²) < 4.78 is 13.4. The van der Waals surface area contributed by atoms with Gasteiger partial charge in [-0.25, -0.2) is 4.58 Å². The second kappa shape index (κ2) is 6.96. The van der Waals surface area contributed by atoms with Crippen molar-refractivity contribution in [1.82, 2.24) is 0 Å². The van der Waals surface area contributed by atoms with Gasteiger partial charge in [0.25, 0.3) is 0 Å². The zero-order valence-corrected chi connectivity index (χ0v) is 16.1. The van der Waals surface area contributed by atoms with E-state index in [1.165, 1.54) is 7.11 Å². The summed E-state index contributed by atoms with van der Waals surface area (Å²) in [6, 6.07) is 7.14. The minimum absolute atomic E-state index is 0.109. The van der Waals surface area contributed by atoms with Gasteiger partial charge < -0.3 is 19.7 Å². The third kappa shape index (κ3) is 3.31. The van der Waals surface area contributed by atoms with Gasteiger partial charge >= 0.3 is 0 Å². The van der Waals surface area contributed by atoms with Gasteiger partial charge in [0, 0.05) is 16.5 Å². The van der Waals surface area contributed by atoms with Crippen LogP contribution < -0.4 is 9.47 Å². The van der Waals surface area contributed by atoms with E-state index in [0.29, 0.717) is 17.9 Å². The molecule has 132 valence electrons. The summed E-state index contributed by atoms with van der Waals surface area (Å²) in [5.74, 6) is 1.16. The number of hydrogen-bond acceptors (Lipinski definition) is 4. The summed E-state index contributed by atoms with van der Waals surface area (Å²) in [5.41, 5.74) is 4.19. The van der Waals surface area contributed by atoms with Crippen LogP contribution in [0.3, 0.4) is 0 Å². The number of phenols is 2. The quantitative estimate of drug-likeness (QED) is 0.765. The predicted molar refractivity (Wildman–Crippen MR) is 99.6 cm³/mol. The molecule has 1 aliphatic rings. The fraction of sp³-hybridized carbons (Fsp3) is 0.316. The number of methoxy groups -OCH3 is 2. The Morgan fingerprint density at radius 3 is 2.36 bits per heavy atom. The van der Waals surface area contributed by atoms with Crippen LogP contribution in [0.4, 0.5) is 0 Å². The molecule has 0 fully saturated rings. The van der Waals surface area contributed by atoms with Gasteiger partial charge in [-0.15, -0.1) is 0 Å². The summed E-state index contributed by atoms with van der Waals surface area (Å²) in [6.45, 7) is 0.885. The van der Waals surface area contributed by atoms with Crippen LogP contribution in [-0.2, 0) is 12.8 Å². The molecule has 0 radical (unpaired) electrons. The zero-order chi connectivity index (χ0) is 18.1. The van der Waals surface area contributed by atoms with Gasteiger partial charge in [-0.05, 0) is 35.4 Å². The van der Waals surface area contributed by atoms with Gasteiger partial charge in [0.05, 0.1) is 20.6 Å². The fourth-order valence-electron chi connectivity index (χ4n) is 3.17. The summed E-state index contributed by atoms with van der Waals surface area (Å²) >= 11 is 3.55. The van der Waals surface area contributed by atoms with E-state index in [1.54, 1.807) is 25.3 Å². The molecule has 2 aromatic carbocycles. The number of hydrogen-bond donors (Lipinski definition) is 2. The molecule has 2 N–H and O–H groups in total. The molecule has 0 saturated carbocycles. The minimum atomic E-state index is 0.109. The molecule has 0 saturated heterocycles. The van der Waals surface area contributed by atoms with Crippen molar-refractivity contribution in [3.8, 4) is 23.0 Å². The molecule has 0 aromatic heterocycles. The van der Waals surface area contributed by atoms with E-state index in [1.807, 2.05) is 13.1 Å². The lowest BCUT2D eigenvalue weighted by atomic mass is 9.92. The number of aromatic hydroxyl groups is 2. The highest BCUT2D eigenvalue weighted by Gasteiger charge is 2.26. The van der Waals surface area contributed by atoms with Gasteiger partial charge in [0.15, 0.2) is 28.7 Å². The van der Waals surface area contributed by atoms with Crippen molar-refractivity contribution in [1.29, 1.82) is 0 Å². The number of nitrogens with zero attached hydrogens (tertiary/aromatic N) is 1. The van der Waals surface area contributed by atoms with E-state index >= 15 is 0 Å². The number of likely N-dealkylation sites (N-methyl/N-ethyl adjacent to an activating group) is 1. The van der Waals surface area contributed by atoms with Crippen LogP contribution >= 0.6 is 15.9 Å². The molecule has 0 spiro atoms. The van der Waals surface area contributed by atoms with Gasteiger partial charge in [-0.2, -0.15) is 0 Å². The Balaban J connectivity index is 2.04. The molecule has 0 atom stereocenters. The van der Waals surface area contributed by atoms with Crippen LogP contribution in [0.15, 0.2) is 28.7 Å². The van der Waals surface area contributed by atoms with E-state index in [-0.39, 0.29) is 11.5 Å². The maximum absolute atomic E-state index is 10.2. The Labute approximate surface area is 155 Å². The van der Waals surface area contributed by atoms with Crippen LogP contribution in [-0.4, -0.2) is 48.3 Å². The highest BCUT2D eigenvalue weighted by Crippen LogP contribution is 2.35. The Morgan fingerprint density at radius 2 is 1.68 bits per heavy atom. The molecule has 0 amide bonds. The van der Waals surface area contributed by atoms with Gasteiger partial charge in [0.2, 0.25) is 0 Å². The second-order valence-corrected chi connectivity index (χ2v) is 6.95. The average molecular weight is 407 g/mol. The number of phenolic OH excluding ortho intramolecular Hbond substituents is 2. The Morgan fingerprint density at radius 1 is 1.04 bits per heavy atom. The van der Waals surface area contributed by atoms with Crippen LogP contribution in [0.5, 0.6) is 23.0 Å². The normalized spacial score (nSPS) is 13.6. The molecule has 0 aliphatic carbocycles. The standard InChI is InChI=1S/C19H20BrNO4/c1-21-5-4-11-8-18(24-2)17(23)9-13(11)15(21)6-12-7-16(22)19(25-3)10-14(12)20/h7-10H,4-6H2,1-3H3,(H-,22,23)/p+1. The van der Waals surface area contributed by atoms with E-state index < -0.39 is 0 Å². The second-order valence-electron chi connectivity index (χ2n) is 6.09. The SMILES string of the molecule is COc1cc(Br)c(CC2=[N+](C)CCc3cc(OC)c(O)cc32)cc1O. The average Bonchev–Trinajstić information content (AvgIpc) is 2.59. The lowest BCUT2D eigenvalue weighted by molar-refractivity contribution is -0.498. The van der Waals surface area contributed by atoms with Crippen molar-refractivity contribution in [3.63, 3.8) is 0 Å². The maximum atomic E-state index is 10.2. The first kappa shape index (κ1) is 17.6. The molecule has 3 rings (SSSR count). The molecule has 25 heavy (non-hydrogen) atoms. The molecular weight excluding hydrogens is 386 g/mol. The lowest BCUT2D eigenvalue weighted by Crippen LogP contribution is -2.29. The Hall–Kier alpha value is -2.21. The summed E-state index contributed by atoms with van der Waals surface area (Å²) in [7, 11) is 5.12. The third-order valence-corrected chi connectivity index (χ3v) is 5.34. The van der Waals surface area contributed by atoms with Crippen LogP contribution in [0.2, 0.25) is 0 Å². The largest absolute Gasteiger partial charge is 0.504 e. The molecule has 0 bridgehead atoms. The molecule has 2 aromatic rings. The van der Waals surface area contributed by atoms with Crippen molar-refractivity contribution < 1.29 is 24.3 Å². The van der Waals surface area contributed by atoms with E-state index in [0.717, 1.165) is 39.8 Å². The number of benzene rings is 2. The van der Waals surface area contributed by atoms with Crippen LogP contribution in [0.25, 0.3) is 0 Å². The molecule has 0 unspecified atom stereocenters. The molecule has 1 aliphatic heterocycles. The highest BCUT2D eigenvalue weighted by atomic mass is 79.9. The summed E-state index contributed by atoms with van der Waals surface area (Å²) in [5, 5.41) is 20.3. The number of ether oxygens (including phenoxy) is 2. The molecular formula is C19H21BrNO4+.